The van der Waals surface area contributed by atoms with Gasteiger partial charge in [-0.3, -0.25) is 10.1 Å². The summed E-state index contributed by atoms with van der Waals surface area (Å²) >= 11 is 0. The van der Waals surface area contributed by atoms with E-state index >= 15 is 0 Å². The molecule has 0 aliphatic rings. The number of aromatic nitrogens is 5. The minimum atomic E-state index is 0.440. The number of pyridine rings is 1. The fraction of sp³-hybridized carbons (Fsp3) is 0. The van der Waals surface area contributed by atoms with Crippen molar-refractivity contribution in [3.05, 3.63) is 54.7 Å². The quantitative estimate of drug-likeness (QED) is 0.591. The molecule has 1 aromatic carbocycles. The first-order valence-electron chi connectivity index (χ1n) is 6.81. The van der Waals surface area contributed by atoms with E-state index in [4.69, 9.17) is 5.73 Å². The van der Waals surface area contributed by atoms with Crippen LogP contribution >= 0.6 is 0 Å². The molecule has 4 rings (SSSR count). The number of nitrogens with zero attached hydrogens (tertiary/aromatic N) is 4. The van der Waals surface area contributed by atoms with E-state index in [0.717, 1.165) is 11.3 Å². The highest BCUT2D eigenvalue weighted by Gasteiger charge is 2.16. The number of rotatable bonds is 2. The number of hydrogen-bond donors (Lipinski definition) is 2. The lowest BCUT2D eigenvalue weighted by molar-refractivity contribution is 1.10. The summed E-state index contributed by atoms with van der Waals surface area (Å²) < 4.78 is 0. The average molecular weight is 288 g/mol. The van der Waals surface area contributed by atoms with Gasteiger partial charge in [-0.1, -0.05) is 36.4 Å². The van der Waals surface area contributed by atoms with Crippen LogP contribution in [-0.4, -0.2) is 25.1 Å². The molecular weight excluding hydrogens is 276 g/mol. The normalized spacial score (nSPS) is 10.9. The Labute approximate surface area is 126 Å². The molecule has 0 aliphatic heterocycles. The third-order valence-electron chi connectivity index (χ3n) is 3.38. The fourth-order valence-electron chi connectivity index (χ4n) is 2.35. The third-order valence-corrected chi connectivity index (χ3v) is 3.38. The smallest absolute Gasteiger partial charge is 0.187 e. The summed E-state index contributed by atoms with van der Waals surface area (Å²) in [5.41, 5.74) is 8.84. The summed E-state index contributed by atoms with van der Waals surface area (Å²) in [6.07, 6.45) is 1.72. The van der Waals surface area contributed by atoms with Gasteiger partial charge in [-0.2, -0.15) is 5.10 Å². The van der Waals surface area contributed by atoms with Crippen LogP contribution in [0.4, 0.5) is 5.82 Å². The molecule has 0 radical (unpaired) electrons. The summed E-state index contributed by atoms with van der Waals surface area (Å²) in [6, 6.07) is 15.4. The maximum atomic E-state index is 5.98. The topological polar surface area (TPSA) is 93.4 Å². The summed E-state index contributed by atoms with van der Waals surface area (Å²) in [5, 5.41) is 7.62. The molecule has 0 atom stereocenters. The number of nitrogen functional groups attached to an aromatic ring is 1. The van der Waals surface area contributed by atoms with Crippen molar-refractivity contribution in [2.45, 2.75) is 0 Å². The summed E-state index contributed by atoms with van der Waals surface area (Å²) in [6.45, 7) is 0. The van der Waals surface area contributed by atoms with Gasteiger partial charge in [0.1, 0.15) is 11.5 Å². The van der Waals surface area contributed by atoms with Crippen molar-refractivity contribution in [2.75, 3.05) is 5.73 Å². The van der Waals surface area contributed by atoms with Crippen LogP contribution in [0, 0.1) is 0 Å². The molecule has 0 saturated heterocycles. The van der Waals surface area contributed by atoms with Crippen LogP contribution in [0.2, 0.25) is 0 Å². The largest absolute Gasteiger partial charge is 0.383 e. The summed E-state index contributed by atoms with van der Waals surface area (Å²) in [5.74, 6) is 1.04. The molecular formula is C16H12N6. The molecule has 3 aromatic heterocycles. The van der Waals surface area contributed by atoms with E-state index in [1.807, 2.05) is 48.5 Å². The van der Waals surface area contributed by atoms with Crippen LogP contribution in [0.15, 0.2) is 54.7 Å². The Morgan fingerprint density at radius 3 is 2.50 bits per heavy atom. The second-order valence-electron chi connectivity index (χ2n) is 4.81. The standard InChI is InChI=1S/C16H12N6/c17-14-12-13(11-8-4-5-9-18-11)19-15(20-16(12)22-21-14)10-6-2-1-3-7-10/h1-9H,(H3,17,19,20,21,22). The zero-order valence-electron chi connectivity index (χ0n) is 11.6. The lowest BCUT2D eigenvalue weighted by Gasteiger charge is -2.05. The Hall–Kier alpha value is -3.28. The van der Waals surface area contributed by atoms with E-state index in [-0.39, 0.29) is 0 Å². The summed E-state index contributed by atoms with van der Waals surface area (Å²) in [4.78, 5) is 13.5. The highest BCUT2D eigenvalue weighted by Crippen LogP contribution is 2.29. The molecule has 3 heterocycles. The molecule has 0 fully saturated rings. The first-order chi connectivity index (χ1) is 10.8. The maximum Gasteiger partial charge on any atom is 0.187 e. The highest BCUT2D eigenvalue weighted by atomic mass is 15.2. The van der Waals surface area contributed by atoms with E-state index in [2.05, 4.69) is 25.1 Å². The number of benzene rings is 1. The molecule has 0 bridgehead atoms. The van der Waals surface area contributed by atoms with E-state index in [0.29, 0.717) is 28.4 Å². The van der Waals surface area contributed by atoms with Crippen LogP contribution < -0.4 is 5.73 Å². The zero-order chi connectivity index (χ0) is 14.9. The maximum absolute atomic E-state index is 5.98. The summed E-state index contributed by atoms with van der Waals surface area (Å²) in [7, 11) is 0. The van der Waals surface area contributed by atoms with Gasteiger partial charge in [0.05, 0.1) is 11.1 Å². The first kappa shape index (κ1) is 12.5. The molecule has 6 heteroatoms. The molecule has 3 N–H and O–H groups in total. The molecule has 0 aliphatic carbocycles. The highest BCUT2D eigenvalue weighted by molar-refractivity contribution is 5.98. The molecule has 0 spiro atoms. The SMILES string of the molecule is Nc1[nH]nc2nc(-c3ccccc3)nc(-c3ccccn3)c12. The number of nitrogens with two attached hydrogens (primary N) is 1. The van der Waals surface area contributed by atoms with Crippen LogP contribution in [0.1, 0.15) is 0 Å². The number of fused-ring (bicyclic) bond motifs is 1. The Bertz CT molecular complexity index is 931. The van der Waals surface area contributed by atoms with Crippen LogP contribution in [0.25, 0.3) is 33.8 Å². The van der Waals surface area contributed by atoms with Gasteiger partial charge in [0, 0.05) is 11.8 Å². The van der Waals surface area contributed by atoms with Crippen LogP contribution in [0.5, 0.6) is 0 Å². The van der Waals surface area contributed by atoms with Gasteiger partial charge in [-0.05, 0) is 12.1 Å². The van der Waals surface area contributed by atoms with Crippen LogP contribution in [0.3, 0.4) is 0 Å². The van der Waals surface area contributed by atoms with Crippen LogP contribution in [-0.2, 0) is 0 Å². The molecule has 4 aromatic rings. The van der Waals surface area contributed by atoms with Gasteiger partial charge in [-0.15, -0.1) is 0 Å². The number of nitrogens with one attached hydrogen (secondary N) is 1. The average Bonchev–Trinajstić information content (AvgIpc) is 2.97. The second kappa shape index (κ2) is 4.92. The minimum Gasteiger partial charge on any atom is -0.383 e. The lowest BCUT2D eigenvalue weighted by Crippen LogP contribution is -1.96. The van der Waals surface area contributed by atoms with Gasteiger partial charge < -0.3 is 5.73 Å². The predicted octanol–water partition coefficient (Wildman–Crippen LogP) is 2.66. The number of H-pyrrole nitrogens is 1. The molecule has 0 saturated carbocycles. The number of aromatic amines is 1. The van der Waals surface area contributed by atoms with Crippen molar-refractivity contribution >= 4 is 16.9 Å². The second-order valence-corrected chi connectivity index (χ2v) is 4.81. The van der Waals surface area contributed by atoms with Crippen molar-refractivity contribution < 1.29 is 0 Å². The van der Waals surface area contributed by atoms with E-state index in [1.165, 1.54) is 0 Å². The zero-order valence-corrected chi connectivity index (χ0v) is 11.6. The van der Waals surface area contributed by atoms with Gasteiger partial charge in [0.25, 0.3) is 0 Å². The van der Waals surface area contributed by atoms with Gasteiger partial charge in [0.2, 0.25) is 0 Å². The fourth-order valence-corrected chi connectivity index (χ4v) is 2.35. The van der Waals surface area contributed by atoms with Crippen molar-refractivity contribution in [2.24, 2.45) is 0 Å². The first-order valence-corrected chi connectivity index (χ1v) is 6.81. The van der Waals surface area contributed by atoms with E-state index in [9.17, 15) is 0 Å². The van der Waals surface area contributed by atoms with Gasteiger partial charge >= 0.3 is 0 Å². The Morgan fingerprint density at radius 1 is 0.909 bits per heavy atom. The molecule has 0 unspecified atom stereocenters. The third kappa shape index (κ3) is 1.98. The van der Waals surface area contributed by atoms with E-state index < -0.39 is 0 Å². The van der Waals surface area contributed by atoms with Crippen molar-refractivity contribution in [3.63, 3.8) is 0 Å². The predicted molar refractivity (Wildman–Crippen MR) is 84.8 cm³/mol. The number of hydrogen-bond acceptors (Lipinski definition) is 5. The molecule has 0 amide bonds. The molecule has 22 heavy (non-hydrogen) atoms. The Kier molecular flexibility index (Phi) is 2.79. The van der Waals surface area contributed by atoms with Crippen molar-refractivity contribution in [1.82, 2.24) is 25.1 Å². The Morgan fingerprint density at radius 2 is 1.73 bits per heavy atom. The van der Waals surface area contributed by atoms with Crippen molar-refractivity contribution in [3.8, 4) is 22.8 Å². The molecule has 6 nitrogen and oxygen atoms in total. The molecule has 106 valence electrons. The lowest BCUT2D eigenvalue weighted by atomic mass is 10.1. The van der Waals surface area contributed by atoms with Gasteiger partial charge in [0.15, 0.2) is 11.5 Å². The van der Waals surface area contributed by atoms with E-state index in [1.54, 1.807) is 6.20 Å². The minimum absolute atomic E-state index is 0.440. The Balaban J connectivity index is 2.03. The monoisotopic (exact) mass is 288 g/mol. The van der Waals surface area contributed by atoms with Crippen molar-refractivity contribution in [1.29, 1.82) is 0 Å². The van der Waals surface area contributed by atoms with Gasteiger partial charge in [-0.25, -0.2) is 9.97 Å². The number of anilines is 1.